The predicted octanol–water partition coefficient (Wildman–Crippen LogP) is 1.46. The summed E-state index contributed by atoms with van der Waals surface area (Å²) in [5, 5.41) is 8.68. The third-order valence-electron chi connectivity index (χ3n) is 1.56. The highest BCUT2D eigenvalue weighted by Crippen LogP contribution is 2.04. The maximum Gasteiger partial charge on any atom is 0.341 e. The number of aromatic carboxylic acids is 1. The van der Waals surface area contributed by atoms with Gasteiger partial charge in [0.15, 0.2) is 5.43 Å². The minimum atomic E-state index is -1.22. The highest BCUT2D eigenvalue weighted by Gasteiger charge is 2.07. The van der Waals surface area contributed by atoms with E-state index in [1.807, 2.05) is 0 Å². The largest absolute Gasteiger partial charge is 0.477 e. The number of carboxylic acids is 1. The van der Waals surface area contributed by atoms with E-state index in [4.69, 9.17) is 5.11 Å². The summed E-state index contributed by atoms with van der Waals surface area (Å²) in [5.41, 5.74) is -0.727. The van der Waals surface area contributed by atoms with Crippen molar-refractivity contribution in [2.24, 2.45) is 0 Å². The monoisotopic (exact) mass is 257 g/mol. The van der Waals surface area contributed by atoms with E-state index in [1.165, 1.54) is 18.5 Å². The molecule has 0 aliphatic rings. The maximum absolute atomic E-state index is 11.1. The molecular weight excluding hydrogens is 250 g/mol. The van der Waals surface area contributed by atoms with Crippen LogP contribution >= 0.6 is 15.9 Å². The van der Waals surface area contributed by atoms with Gasteiger partial charge >= 0.3 is 5.97 Å². The molecule has 0 fully saturated rings. The average Bonchev–Trinajstić information content (AvgIpc) is 2.07. The third kappa shape index (κ3) is 2.56. The van der Waals surface area contributed by atoms with Crippen molar-refractivity contribution < 1.29 is 9.90 Å². The molecule has 0 aromatic carbocycles. The summed E-state index contributed by atoms with van der Waals surface area (Å²) < 4.78 is 2.28. The second kappa shape index (κ2) is 4.23. The van der Waals surface area contributed by atoms with Crippen LogP contribution in [0.25, 0.3) is 0 Å². The summed E-state index contributed by atoms with van der Waals surface area (Å²) in [7, 11) is 0. The van der Waals surface area contributed by atoms with Crippen LogP contribution in [0.3, 0.4) is 0 Å². The molecule has 0 bridgehead atoms. The first kappa shape index (κ1) is 10.7. The minimum absolute atomic E-state index is 0.235. The molecule has 0 amide bonds. The summed E-state index contributed by atoms with van der Waals surface area (Å²) in [4.78, 5) is 21.7. The standard InChI is InChI=1S/C9H8BrNO3/c1-6(10)4-11-3-2-8(12)7(5-11)9(13)14/h2-3,5H,1,4H2,(H,13,14). The molecule has 0 saturated heterocycles. The molecule has 1 aromatic rings. The molecule has 1 aromatic heterocycles. The van der Waals surface area contributed by atoms with Gasteiger partial charge in [0, 0.05) is 22.9 Å². The Kier molecular flexibility index (Phi) is 3.24. The molecule has 1 N–H and O–H groups in total. The van der Waals surface area contributed by atoms with Crippen molar-refractivity contribution in [3.8, 4) is 0 Å². The number of halogens is 1. The van der Waals surface area contributed by atoms with Crippen molar-refractivity contribution >= 4 is 21.9 Å². The molecular formula is C9H8BrNO3. The van der Waals surface area contributed by atoms with Gasteiger partial charge in [0.25, 0.3) is 0 Å². The molecule has 5 heteroatoms. The van der Waals surface area contributed by atoms with Crippen LogP contribution in [0.2, 0.25) is 0 Å². The maximum atomic E-state index is 11.1. The molecule has 1 rings (SSSR count). The van der Waals surface area contributed by atoms with Crippen molar-refractivity contribution in [2.45, 2.75) is 6.54 Å². The van der Waals surface area contributed by atoms with Crippen LogP contribution in [0.5, 0.6) is 0 Å². The lowest BCUT2D eigenvalue weighted by molar-refractivity contribution is 0.0694. The SMILES string of the molecule is C=C(Br)Cn1ccc(=O)c(C(=O)O)c1. The summed E-state index contributed by atoms with van der Waals surface area (Å²) in [6.07, 6.45) is 2.80. The van der Waals surface area contributed by atoms with Crippen LogP contribution in [-0.4, -0.2) is 15.6 Å². The Morgan fingerprint density at radius 2 is 2.29 bits per heavy atom. The molecule has 0 saturated carbocycles. The smallest absolute Gasteiger partial charge is 0.341 e. The second-order valence-corrected chi connectivity index (χ2v) is 3.84. The Balaban J connectivity index is 3.13. The molecule has 0 aliphatic carbocycles. The van der Waals surface area contributed by atoms with Gasteiger partial charge in [-0.1, -0.05) is 22.5 Å². The highest BCUT2D eigenvalue weighted by molar-refractivity contribution is 9.11. The van der Waals surface area contributed by atoms with Crippen LogP contribution in [0.4, 0.5) is 0 Å². The van der Waals surface area contributed by atoms with Gasteiger partial charge in [-0.3, -0.25) is 4.79 Å². The number of pyridine rings is 1. The van der Waals surface area contributed by atoms with Gasteiger partial charge in [0.1, 0.15) is 5.56 Å². The number of nitrogens with zero attached hydrogens (tertiary/aromatic N) is 1. The molecule has 0 radical (unpaired) electrons. The molecule has 0 aliphatic heterocycles. The zero-order valence-electron chi connectivity index (χ0n) is 7.24. The van der Waals surface area contributed by atoms with Gasteiger partial charge in [-0.05, 0) is 0 Å². The van der Waals surface area contributed by atoms with E-state index in [2.05, 4.69) is 22.5 Å². The minimum Gasteiger partial charge on any atom is -0.477 e. The van der Waals surface area contributed by atoms with Crippen LogP contribution in [0.15, 0.2) is 34.3 Å². The fraction of sp³-hybridized carbons (Fsp3) is 0.111. The van der Waals surface area contributed by atoms with Crippen LogP contribution in [-0.2, 0) is 6.54 Å². The molecule has 1 heterocycles. The fourth-order valence-corrected chi connectivity index (χ4v) is 1.27. The first-order valence-corrected chi connectivity index (χ1v) is 4.56. The van der Waals surface area contributed by atoms with E-state index in [1.54, 1.807) is 4.57 Å². The number of rotatable bonds is 3. The summed E-state index contributed by atoms with van der Waals surface area (Å²) in [6.45, 7) is 4.05. The zero-order valence-corrected chi connectivity index (χ0v) is 8.82. The molecule has 0 spiro atoms. The number of hydrogen-bond donors (Lipinski definition) is 1. The first-order valence-electron chi connectivity index (χ1n) is 3.77. The van der Waals surface area contributed by atoms with Crippen molar-refractivity contribution in [3.63, 3.8) is 0 Å². The van der Waals surface area contributed by atoms with E-state index < -0.39 is 11.4 Å². The van der Waals surface area contributed by atoms with Crippen molar-refractivity contribution in [1.82, 2.24) is 4.57 Å². The van der Waals surface area contributed by atoms with E-state index >= 15 is 0 Å². The summed E-state index contributed by atoms with van der Waals surface area (Å²) >= 11 is 3.15. The lowest BCUT2D eigenvalue weighted by atomic mass is 10.3. The van der Waals surface area contributed by atoms with Gasteiger partial charge in [-0.15, -0.1) is 0 Å². The summed E-state index contributed by atoms with van der Waals surface area (Å²) in [5.74, 6) is -1.22. The molecule has 74 valence electrons. The zero-order chi connectivity index (χ0) is 10.7. The fourth-order valence-electron chi connectivity index (χ4n) is 0.983. The van der Waals surface area contributed by atoms with Crippen molar-refractivity contribution in [3.05, 3.63) is 45.3 Å². The van der Waals surface area contributed by atoms with Gasteiger partial charge in [-0.2, -0.15) is 0 Å². The molecule has 4 nitrogen and oxygen atoms in total. The topological polar surface area (TPSA) is 59.3 Å². The van der Waals surface area contributed by atoms with Crippen molar-refractivity contribution in [1.29, 1.82) is 0 Å². The van der Waals surface area contributed by atoms with Crippen LogP contribution in [0.1, 0.15) is 10.4 Å². The second-order valence-electron chi connectivity index (χ2n) is 2.72. The number of hydrogen-bond acceptors (Lipinski definition) is 2. The average molecular weight is 258 g/mol. The van der Waals surface area contributed by atoms with E-state index in [0.29, 0.717) is 11.0 Å². The van der Waals surface area contributed by atoms with Gasteiger partial charge in [-0.25, -0.2) is 4.79 Å². The molecule has 14 heavy (non-hydrogen) atoms. The highest BCUT2D eigenvalue weighted by atomic mass is 79.9. The molecule has 0 unspecified atom stereocenters. The Labute approximate surface area is 88.6 Å². The first-order chi connectivity index (χ1) is 6.50. The number of allylic oxidation sites excluding steroid dienone is 1. The number of aromatic nitrogens is 1. The van der Waals surface area contributed by atoms with Crippen LogP contribution in [0, 0.1) is 0 Å². The molecule has 0 atom stereocenters. The lowest BCUT2D eigenvalue weighted by Gasteiger charge is -2.04. The Morgan fingerprint density at radius 3 is 2.79 bits per heavy atom. The van der Waals surface area contributed by atoms with E-state index in [0.717, 1.165) is 0 Å². The van der Waals surface area contributed by atoms with Gasteiger partial charge in [0.2, 0.25) is 0 Å². The van der Waals surface area contributed by atoms with E-state index in [-0.39, 0.29) is 5.56 Å². The Morgan fingerprint density at radius 1 is 1.64 bits per heavy atom. The number of carbonyl (C=O) groups is 1. The predicted molar refractivity (Wildman–Crippen MR) is 55.7 cm³/mol. The third-order valence-corrected chi connectivity index (χ3v) is 1.81. The van der Waals surface area contributed by atoms with Gasteiger partial charge in [0.05, 0.1) is 6.54 Å². The normalized spacial score (nSPS) is 9.79. The van der Waals surface area contributed by atoms with Crippen LogP contribution < -0.4 is 5.43 Å². The Hall–Kier alpha value is -1.36. The quantitative estimate of drug-likeness (QED) is 0.892. The lowest BCUT2D eigenvalue weighted by Crippen LogP contribution is -2.16. The summed E-state index contributed by atoms with van der Waals surface area (Å²) in [6, 6.07) is 1.22. The Bertz CT molecular complexity index is 436. The van der Waals surface area contributed by atoms with Gasteiger partial charge < -0.3 is 9.67 Å². The van der Waals surface area contributed by atoms with E-state index in [9.17, 15) is 9.59 Å². The van der Waals surface area contributed by atoms with Crippen molar-refractivity contribution in [2.75, 3.05) is 0 Å². The number of carboxylic acid groups (broad SMARTS) is 1.